The molecule has 1 amide bonds. The zero-order chi connectivity index (χ0) is 12.8. The van der Waals surface area contributed by atoms with Crippen LogP contribution in [0.25, 0.3) is 0 Å². The van der Waals surface area contributed by atoms with E-state index >= 15 is 0 Å². The minimum atomic E-state index is -0.503. The van der Waals surface area contributed by atoms with Crippen LogP contribution in [0.1, 0.15) is 18.9 Å². The Kier molecular flexibility index (Phi) is 7.47. The summed E-state index contributed by atoms with van der Waals surface area (Å²) in [5.74, 6) is -1.21. The van der Waals surface area contributed by atoms with Crippen molar-refractivity contribution in [3.8, 4) is 0 Å². The molecule has 1 rings (SSSR count). The average molecular weight is 279 g/mol. The van der Waals surface area contributed by atoms with Crippen molar-refractivity contribution in [2.45, 2.75) is 25.8 Å². The predicted molar refractivity (Wildman–Crippen MR) is 68.6 cm³/mol. The van der Waals surface area contributed by atoms with Gasteiger partial charge in [-0.1, -0.05) is 0 Å². The Balaban J connectivity index is 0.00000289. The first-order valence-corrected chi connectivity index (χ1v) is 5.46. The van der Waals surface area contributed by atoms with E-state index in [0.29, 0.717) is 6.54 Å². The van der Waals surface area contributed by atoms with E-state index in [1.807, 2.05) is 0 Å². The van der Waals surface area contributed by atoms with E-state index in [1.54, 1.807) is 6.92 Å². The Morgan fingerprint density at radius 2 is 2.11 bits per heavy atom. The molecule has 0 unspecified atom stereocenters. The maximum Gasteiger partial charge on any atom is 0.220 e. The van der Waals surface area contributed by atoms with Crippen LogP contribution in [-0.4, -0.2) is 18.5 Å². The van der Waals surface area contributed by atoms with Gasteiger partial charge in [0.05, 0.1) is 0 Å². The minimum absolute atomic E-state index is 0. The fourth-order valence-electron chi connectivity index (χ4n) is 1.39. The van der Waals surface area contributed by atoms with Gasteiger partial charge in [0.25, 0.3) is 0 Å². The molecule has 1 aromatic carbocycles. The van der Waals surface area contributed by atoms with E-state index in [2.05, 4.69) is 5.32 Å². The van der Waals surface area contributed by atoms with Crippen molar-refractivity contribution >= 4 is 18.3 Å². The molecule has 1 aromatic rings. The van der Waals surface area contributed by atoms with Gasteiger partial charge in [-0.15, -0.1) is 12.4 Å². The third kappa shape index (κ3) is 5.42. The van der Waals surface area contributed by atoms with Crippen LogP contribution in [0.15, 0.2) is 18.2 Å². The highest BCUT2D eigenvalue weighted by Gasteiger charge is 2.09. The number of hydrogen-bond donors (Lipinski definition) is 2. The first kappa shape index (κ1) is 16.8. The van der Waals surface area contributed by atoms with E-state index in [4.69, 9.17) is 5.73 Å². The molecule has 18 heavy (non-hydrogen) atoms. The van der Waals surface area contributed by atoms with Crippen molar-refractivity contribution in [2.24, 2.45) is 5.73 Å². The number of benzene rings is 1. The highest BCUT2D eigenvalue weighted by molar-refractivity contribution is 5.85. The molecule has 3 N–H and O–H groups in total. The van der Waals surface area contributed by atoms with Crippen LogP contribution in [0.4, 0.5) is 8.78 Å². The molecule has 0 saturated heterocycles. The van der Waals surface area contributed by atoms with Crippen LogP contribution in [-0.2, 0) is 11.2 Å². The number of nitrogens with two attached hydrogens (primary N) is 1. The highest BCUT2D eigenvalue weighted by atomic mass is 35.5. The Labute approximate surface area is 111 Å². The monoisotopic (exact) mass is 278 g/mol. The van der Waals surface area contributed by atoms with Crippen molar-refractivity contribution in [3.05, 3.63) is 35.4 Å². The fraction of sp³-hybridized carbons (Fsp3) is 0.417. The predicted octanol–water partition coefficient (Wildman–Crippen LogP) is 1.78. The van der Waals surface area contributed by atoms with Crippen LogP contribution in [0.3, 0.4) is 0 Å². The second kappa shape index (κ2) is 8.00. The number of hydrogen-bond acceptors (Lipinski definition) is 2. The van der Waals surface area contributed by atoms with E-state index in [0.717, 1.165) is 18.2 Å². The van der Waals surface area contributed by atoms with Crippen molar-refractivity contribution in [2.75, 3.05) is 6.54 Å². The van der Waals surface area contributed by atoms with Crippen LogP contribution >= 0.6 is 12.4 Å². The maximum atomic E-state index is 13.2. The summed E-state index contributed by atoms with van der Waals surface area (Å²) in [5, 5.41) is 2.65. The molecule has 102 valence electrons. The topological polar surface area (TPSA) is 55.1 Å². The summed E-state index contributed by atoms with van der Waals surface area (Å²) in [6.07, 6.45) is 0.289. The maximum absolute atomic E-state index is 13.2. The van der Waals surface area contributed by atoms with Gasteiger partial charge in [0, 0.05) is 19.0 Å². The molecule has 0 spiro atoms. The lowest BCUT2D eigenvalue weighted by molar-refractivity contribution is -0.121. The SMILES string of the molecule is C[C@@H](CN)NC(=O)CCc1cc(F)ccc1F.Cl. The number of carbonyl (C=O) groups is 1. The quantitative estimate of drug-likeness (QED) is 0.863. The number of halogens is 3. The standard InChI is InChI=1S/C12H16F2N2O.ClH/c1-8(7-15)16-12(17)5-2-9-6-10(13)3-4-11(9)14;/h3-4,6,8H,2,5,7,15H2,1H3,(H,16,17);1H/t8-;/m0./s1. The molecule has 0 fully saturated rings. The molecule has 0 bridgehead atoms. The van der Waals surface area contributed by atoms with E-state index in [1.165, 1.54) is 0 Å². The minimum Gasteiger partial charge on any atom is -0.352 e. The largest absolute Gasteiger partial charge is 0.352 e. The molecule has 0 saturated carbocycles. The Bertz CT molecular complexity index is 402. The normalized spacial score (nSPS) is 11.6. The van der Waals surface area contributed by atoms with Gasteiger partial charge in [-0.3, -0.25) is 4.79 Å². The lowest BCUT2D eigenvalue weighted by atomic mass is 10.1. The third-order valence-corrected chi connectivity index (χ3v) is 2.39. The number of carbonyl (C=O) groups excluding carboxylic acids is 1. The summed E-state index contributed by atoms with van der Waals surface area (Å²) in [7, 11) is 0. The Hall–Kier alpha value is -1.20. The van der Waals surface area contributed by atoms with Gasteiger partial charge >= 0.3 is 0 Å². The second-order valence-electron chi connectivity index (χ2n) is 3.94. The van der Waals surface area contributed by atoms with Crippen molar-refractivity contribution < 1.29 is 13.6 Å². The lowest BCUT2D eigenvalue weighted by Gasteiger charge is -2.11. The molecule has 0 aromatic heterocycles. The highest BCUT2D eigenvalue weighted by Crippen LogP contribution is 2.11. The van der Waals surface area contributed by atoms with Gasteiger partial charge in [0.15, 0.2) is 0 Å². The fourth-order valence-corrected chi connectivity index (χ4v) is 1.39. The first-order valence-electron chi connectivity index (χ1n) is 5.46. The third-order valence-electron chi connectivity index (χ3n) is 2.39. The number of nitrogens with one attached hydrogen (secondary N) is 1. The van der Waals surface area contributed by atoms with Gasteiger partial charge < -0.3 is 11.1 Å². The molecule has 3 nitrogen and oxygen atoms in total. The van der Waals surface area contributed by atoms with Gasteiger partial charge in [0.2, 0.25) is 5.91 Å². The second-order valence-corrected chi connectivity index (χ2v) is 3.94. The van der Waals surface area contributed by atoms with E-state index in [9.17, 15) is 13.6 Å². The summed E-state index contributed by atoms with van der Waals surface area (Å²) in [5.41, 5.74) is 5.56. The van der Waals surface area contributed by atoms with Crippen LogP contribution in [0.2, 0.25) is 0 Å². The van der Waals surface area contributed by atoms with E-state index in [-0.39, 0.29) is 42.8 Å². The van der Waals surface area contributed by atoms with Crippen LogP contribution in [0.5, 0.6) is 0 Å². The van der Waals surface area contributed by atoms with Gasteiger partial charge in [-0.2, -0.15) is 0 Å². The molecule has 0 aliphatic heterocycles. The zero-order valence-corrected chi connectivity index (χ0v) is 10.9. The van der Waals surface area contributed by atoms with E-state index < -0.39 is 11.6 Å². The van der Waals surface area contributed by atoms with Gasteiger partial charge in [-0.05, 0) is 37.1 Å². The zero-order valence-electron chi connectivity index (χ0n) is 10.1. The molecule has 0 heterocycles. The smallest absolute Gasteiger partial charge is 0.220 e. The first-order chi connectivity index (χ1) is 8.02. The number of aryl methyl sites for hydroxylation is 1. The van der Waals surface area contributed by atoms with Gasteiger partial charge in [-0.25, -0.2) is 8.78 Å². The molecular formula is C12H17ClF2N2O. The lowest BCUT2D eigenvalue weighted by Crippen LogP contribution is -2.37. The van der Waals surface area contributed by atoms with Gasteiger partial charge in [0.1, 0.15) is 11.6 Å². The average Bonchev–Trinajstić information content (AvgIpc) is 2.30. The Morgan fingerprint density at radius 1 is 1.44 bits per heavy atom. The molecule has 6 heteroatoms. The molecule has 0 radical (unpaired) electrons. The summed E-state index contributed by atoms with van der Waals surface area (Å²) >= 11 is 0. The molecule has 1 atom stereocenters. The summed E-state index contributed by atoms with van der Waals surface area (Å²) in [6.45, 7) is 2.13. The molecular weight excluding hydrogens is 262 g/mol. The number of amides is 1. The Morgan fingerprint density at radius 3 is 2.72 bits per heavy atom. The molecule has 0 aliphatic rings. The van der Waals surface area contributed by atoms with Crippen molar-refractivity contribution in [1.82, 2.24) is 5.32 Å². The van der Waals surface area contributed by atoms with Crippen LogP contribution in [0, 0.1) is 11.6 Å². The summed E-state index contributed by atoms with van der Waals surface area (Å²) < 4.78 is 26.1. The summed E-state index contributed by atoms with van der Waals surface area (Å²) in [4.78, 5) is 11.4. The van der Waals surface area contributed by atoms with Crippen molar-refractivity contribution in [1.29, 1.82) is 0 Å². The number of rotatable bonds is 5. The summed E-state index contributed by atoms with van der Waals surface area (Å²) in [6, 6.07) is 3.11. The molecule has 0 aliphatic carbocycles. The van der Waals surface area contributed by atoms with Crippen molar-refractivity contribution in [3.63, 3.8) is 0 Å². The van der Waals surface area contributed by atoms with Crippen LogP contribution < -0.4 is 11.1 Å².